The van der Waals surface area contributed by atoms with Crippen molar-refractivity contribution in [3.8, 4) is 0 Å². The summed E-state index contributed by atoms with van der Waals surface area (Å²) in [6.45, 7) is 6.20. The summed E-state index contributed by atoms with van der Waals surface area (Å²) < 4.78 is 0. The van der Waals surface area contributed by atoms with Gasteiger partial charge in [0.05, 0.1) is 0 Å². The standard InChI is InChI=1S/C10H16N2O4/c1-10(2,3)6-11-9(16)12-7(13)4-5-8(14)15/h4-5H,6H2,1-3H3,(H,14,15)(H2,11,12,13,16)/b5-4+. The first kappa shape index (κ1) is 14.2. The molecule has 0 atom stereocenters. The maximum atomic E-state index is 11.1. The van der Waals surface area contributed by atoms with Gasteiger partial charge in [-0.15, -0.1) is 0 Å². The van der Waals surface area contributed by atoms with E-state index in [0.717, 1.165) is 6.08 Å². The van der Waals surface area contributed by atoms with Crippen molar-refractivity contribution in [2.45, 2.75) is 20.8 Å². The van der Waals surface area contributed by atoms with Crippen LogP contribution < -0.4 is 10.6 Å². The van der Waals surface area contributed by atoms with E-state index in [2.05, 4.69) is 5.32 Å². The van der Waals surface area contributed by atoms with Crippen LogP contribution in [0, 0.1) is 5.41 Å². The second kappa shape index (κ2) is 5.89. The minimum absolute atomic E-state index is 0.0860. The fraction of sp³-hybridized carbons (Fsp3) is 0.500. The molecule has 0 aromatic heterocycles. The first-order valence-electron chi connectivity index (χ1n) is 4.70. The molecule has 3 N–H and O–H groups in total. The smallest absolute Gasteiger partial charge is 0.328 e. The number of carbonyl (C=O) groups excluding carboxylic acids is 2. The van der Waals surface area contributed by atoms with E-state index in [9.17, 15) is 14.4 Å². The average molecular weight is 228 g/mol. The molecular weight excluding hydrogens is 212 g/mol. The Labute approximate surface area is 93.7 Å². The van der Waals surface area contributed by atoms with Crippen molar-refractivity contribution in [1.29, 1.82) is 0 Å². The van der Waals surface area contributed by atoms with Crippen LogP contribution in [0.2, 0.25) is 0 Å². The molecule has 0 aromatic rings. The van der Waals surface area contributed by atoms with Crippen molar-refractivity contribution in [2.24, 2.45) is 5.41 Å². The molecule has 0 spiro atoms. The summed E-state index contributed by atoms with van der Waals surface area (Å²) in [4.78, 5) is 32.2. The molecule has 0 heterocycles. The molecule has 0 fully saturated rings. The van der Waals surface area contributed by atoms with Crippen LogP contribution in [0.4, 0.5) is 4.79 Å². The predicted molar refractivity (Wildman–Crippen MR) is 57.8 cm³/mol. The summed E-state index contributed by atoms with van der Waals surface area (Å²) in [6, 6.07) is -0.644. The number of hydrogen-bond acceptors (Lipinski definition) is 3. The normalized spacial score (nSPS) is 11.2. The number of carboxylic acid groups (broad SMARTS) is 1. The number of hydrogen-bond donors (Lipinski definition) is 3. The van der Waals surface area contributed by atoms with Gasteiger partial charge in [0.2, 0.25) is 0 Å². The van der Waals surface area contributed by atoms with E-state index in [1.165, 1.54) is 0 Å². The lowest BCUT2D eigenvalue weighted by Gasteiger charge is -2.18. The molecule has 0 radical (unpaired) electrons. The zero-order valence-corrected chi connectivity index (χ0v) is 9.53. The lowest BCUT2D eigenvalue weighted by molar-refractivity contribution is -0.131. The molecule has 3 amide bonds. The van der Waals surface area contributed by atoms with Crippen LogP contribution in [0.15, 0.2) is 12.2 Å². The monoisotopic (exact) mass is 228 g/mol. The minimum atomic E-state index is -1.25. The number of carboxylic acids is 1. The van der Waals surface area contributed by atoms with Crippen LogP contribution in [0.25, 0.3) is 0 Å². The Morgan fingerprint density at radius 1 is 1.19 bits per heavy atom. The molecule has 0 aromatic carbocycles. The topological polar surface area (TPSA) is 95.5 Å². The van der Waals surface area contributed by atoms with E-state index < -0.39 is 17.9 Å². The maximum absolute atomic E-state index is 11.1. The molecule has 6 heteroatoms. The van der Waals surface area contributed by atoms with Gasteiger partial charge in [0.25, 0.3) is 5.91 Å². The van der Waals surface area contributed by atoms with Gasteiger partial charge in [0.1, 0.15) is 0 Å². The number of imide groups is 1. The van der Waals surface area contributed by atoms with Crippen molar-refractivity contribution in [3.63, 3.8) is 0 Å². The SMILES string of the molecule is CC(C)(C)CNC(=O)NC(=O)/C=C/C(=O)O. The molecule has 0 aliphatic rings. The lowest BCUT2D eigenvalue weighted by Crippen LogP contribution is -2.42. The van der Waals surface area contributed by atoms with E-state index in [1.54, 1.807) is 0 Å². The van der Waals surface area contributed by atoms with Crippen molar-refractivity contribution >= 4 is 17.9 Å². The van der Waals surface area contributed by atoms with Crippen molar-refractivity contribution in [2.75, 3.05) is 6.54 Å². The van der Waals surface area contributed by atoms with Crippen LogP contribution in [-0.4, -0.2) is 29.6 Å². The molecule has 16 heavy (non-hydrogen) atoms. The molecule has 0 saturated carbocycles. The molecule has 90 valence electrons. The molecule has 0 bridgehead atoms. The summed E-state index contributed by atoms with van der Waals surface area (Å²) in [7, 11) is 0. The molecule has 0 aliphatic heterocycles. The minimum Gasteiger partial charge on any atom is -0.478 e. The van der Waals surface area contributed by atoms with E-state index in [4.69, 9.17) is 5.11 Å². The van der Waals surface area contributed by atoms with E-state index in [0.29, 0.717) is 12.6 Å². The zero-order chi connectivity index (χ0) is 12.8. The van der Waals surface area contributed by atoms with Crippen LogP contribution >= 0.6 is 0 Å². The van der Waals surface area contributed by atoms with Gasteiger partial charge < -0.3 is 10.4 Å². The predicted octanol–water partition coefficient (Wildman–Crippen LogP) is 0.499. The highest BCUT2D eigenvalue weighted by molar-refractivity contribution is 6.02. The van der Waals surface area contributed by atoms with Gasteiger partial charge in [0, 0.05) is 18.7 Å². The summed E-state index contributed by atoms with van der Waals surface area (Å²) in [5.74, 6) is -2.01. The van der Waals surface area contributed by atoms with Crippen molar-refractivity contribution in [3.05, 3.63) is 12.2 Å². The largest absolute Gasteiger partial charge is 0.478 e. The van der Waals surface area contributed by atoms with Crippen LogP contribution in [0.1, 0.15) is 20.8 Å². The van der Waals surface area contributed by atoms with E-state index >= 15 is 0 Å². The summed E-state index contributed by atoms with van der Waals surface area (Å²) >= 11 is 0. The van der Waals surface area contributed by atoms with Crippen molar-refractivity contribution in [1.82, 2.24) is 10.6 Å². The van der Waals surface area contributed by atoms with Crippen LogP contribution in [0.5, 0.6) is 0 Å². The summed E-state index contributed by atoms with van der Waals surface area (Å²) in [6.07, 6.45) is 1.44. The van der Waals surface area contributed by atoms with Gasteiger partial charge in [-0.25, -0.2) is 9.59 Å². The number of amides is 3. The highest BCUT2D eigenvalue weighted by Gasteiger charge is 2.12. The van der Waals surface area contributed by atoms with Crippen LogP contribution in [-0.2, 0) is 9.59 Å². The molecule has 6 nitrogen and oxygen atoms in total. The van der Waals surface area contributed by atoms with Crippen molar-refractivity contribution < 1.29 is 19.5 Å². The van der Waals surface area contributed by atoms with Gasteiger partial charge in [-0.05, 0) is 5.41 Å². The lowest BCUT2D eigenvalue weighted by atomic mass is 9.97. The molecule has 0 saturated heterocycles. The third kappa shape index (κ3) is 8.74. The Morgan fingerprint density at radius 3 is 2.19 bits per heavy atom. The second-order valence-corrected chi connectivity index (χ2v) is 4.40. The molecule has 0 aliphatic carbocycles. The zero-order valence-electron chi connectivity index (χ0n) is 9.53. The second-order valence-electron chi connectivity index (χ2n) is 4.40. The number of nitrogens with one attached hydrogen (secondary N) is 2. The molecule has 0 unspecified atom stereocenters. The van der Waals surface area contributed by atoms with E-state index in [-0.39, 0.29) is 5.41 Å². The fourth-order valence-corrected chi connectivity index (χ4v) is 0.690. The summed E-state index contributed by atoms with van der Waals surface area (Å²) in [5, 5.41) is 12.7. The third-order valence-electron chi connectivity index (χ3n) is 1.39. The number of urea groups is 1. The quantitative estimate of drug-likeness (QED) is 0.613. The molecule has 0 rings (SSSR count). The highest BCUT2D eigenvalue weighted by Crippen LogP contribution is 2.09. The Hall–Kier alpha value is -1.85. The Morgan fingerprint density at radius 2 is 1.75 bits per heavy atom. The Balaban J connectivity index is 3.97. The van der Waals surface area contributed by atoms with Gasteiger partial charge >= 0.3 is 12.0 Å². The van der Waals surface area contributed by atoms with Gasteiger partial charge in [-0.3, -0.25) is 10.1 Å². The summed E-state index contributed by atoms with van der Waals surface area (Å²) in [5.41, 5.74) is -0.0860. The number of aliphatic carboxylic acids is 1. The third-order valence-corrected chi connectivity index (χ3v) is 1.39. The van der Waals surface area contributed by atoms with Gasteiger partial charge in [-0.1, -0.05) is 20.8 Å². The average Bonchev–Trinajstić information content (AvgIpc) is 2.10. The highest BCUT2D eigenvalue weighted by atomic mass is 16.4. The first-order valence-corrected chi connectivity index (χ1v) is 4.70. The number of carbonyl (C=O) groups is 3. The first-order chi connectivity index (χ1) is 7.20. The Bertz CT molecular complexity index is 315. The van der Waals surface area contributed by atoms with Gasteiger partial charge in [-0.2, -0.15) is 0 Å². The van der Waals surface area contributed by atoms with Gasteiger partial charge in [0.15, 0.2) is 0 Å². The van der Waals surface area contributed by atoms with Crippen LogP contribution in [0.3, 0.4) is 0 Å². The maximum Gasteiger partial charge on any atom is 0.328 e. The van der Waals surface area contributed by atoms with E-state index in [1.807, 2.05) is 26.1 Å². The Kier molecular flexibility index (Phi) is 5.21. The fourth-order valence-electron chi connectivity index (χ4n) is 0.690. The molecular formula is C10H16N2O4. The number of rotatable bonds is 3.